The molecule has 2 aromatic carbocycles. The van der Waals surface area contributed by atoms with Crippen molar-refractivity contribution in [2.45, 2.75) is 69.4 Å². The number of likely N-dealkylation sites (N-methyl/N-ethyl adjacent to an activating group) is 1. The molecule has 6 heteroatoms. The molecule has 0 radical (unpaired) electrons. The molecule has 2 bridgehead atoms. The number of hydrogen-bond acceptors (Lipinski definition) is 4. The molecule has 1 atom stereocenters. The third-order valence-electron chi connectivity index (χ3n) is 7.83. The lowest BCUT2D eigenvalue weighted by Gasteiger charge is -2.57. The first-order valence-electron chi connectivity index (χ1n) is 12.1. The van der Waals surface area contributed by atoms with E-state index in [1.807, 2.05) is 51.1 Å². The molecule has 5 nitrogen and oxygen atoms in total. The summed E-state index contributed by atoms with van der Waals surface area (Å²) >= 11 is 0. The van der Waals surface area contributed by atoms with Gasteiger partial charge < -0.3 is 5.32 Å². The number of carbonyl (C=O) groups excluding carboxylic acids is 1. The number of aryl methyl sites for hydroxylation is 2. The van der Waals surface area contributed by atoms with E-state index in [1.165, 1.54) is 12.8 Å². The first-order chi connectivity index (χ1) is 15.7. The zero-order valence-corrected chi connectivity index (χ0v) is 21.0. The van der Waals surface area contributed by atoms with Crippen LogP contribution in [0.1, 0.15) is 72.1 Å². The van der Waals surface area contributed by atoms with Gasteiger partial charge in [0.05, 0.1) is 16.7 Å². The maximum atomic E-state index is 13.6. The van der Waals surface area contributed by atoms with Crippen LogP contribution in [0.3, 0.4) is 0 Å². The number of benzene rings is 2. The Hall–Kier alpha value is -2.18. The molecular weight excluding hydrogens is 432 g/mol. The lowest BCUT2D eigenvalue weighted by molar-refractivity contribution is -0.0404. The van der Waals surface area contributed by atoms with Gasteiger partial charge in [-0.25, -0.2) is 8.42 Å². The summed E-state index contributed by atoms with van der Waals surface area (Å²) < 4.78 is 25.1. The molecule has 33 heavy (non-hydrogen) atoms. The summed E-state index contributed by atoms with van der Waals surface area (Å²) in [5, 5.41) is 3.40. The van der Waals surface area contributed by atoms with Gasteiger partial charge in [-0.05, 0) is 87.7 Å². The van der Waals surface area contributed by atoms with E-state index in [0.29, 0.717) is 11.3 Å². The number of fused-ring (bicyclic) bond motifs is 3. The molecule has 1 N–H and O–H groups in total. The van der Waals surface area contributed by atoms with Crippen molar-refractivity contribution in [1.82, 2.24) is 10.2 Å². The summed E-state index contributed by atoms with van der Waals surface area (Å²) in [5.74, 6) is 0.815. The number of carbonyl (C=O) groups is 1. The van der Waals surface area contributed by atoms with Crippen molar-refractivity contribution < 1.29 is 13.2 Å². The summed E-state index contributed by atoms with van der Waals surface area (Å²) in [4.78, 5) is 16.4. The molecule has 0 spiro atoms. The predicted octanol–water partition coefficient (Wildman–Crippen LogP) is 4.83. The van der Waals surface area contributed by atoms with Crippen LogP contribution in [0, 0.1) is 19.8 Å². The van der Waals surface area contributed by atoms with Gasteiger partial charge in [0.15, 0.2) is 9.84 Å². The third kappa shape index (κ3) is 4.47. The van der Waals surface area contributed by atoms with Gasteiger partial charge >= 0.3 is 0 Å². The predicted molar refractivity (Wildman–Crippen MR) is 132 cm³/mol. The van der Waals surface area contributed by atoms with E-state index in [4.69, 9.17) is 0 Å². The van der Waals surface area contributed by atoms with Crippen LogP contribution in [0.5, 0.6) is 0 Å². The highest BCUT2D eigenvalue weighted by atomic mass is 32.2. The Morgan fingerprint density at radius 2 is 1.70 bits per heavy atom. The van der Waals surface area contributed by atoms with Gasteiger partial charge in [0.1, 0.15) is 0 Å². The minimum atomic E-state index is -3.28. The van der Waals surface area contributed by atoms with Gasteiger partial charge in [0, 0.05) is 17.6 Å². The van der Waals surface area contributed by atoms with Crippen LogP contribution < -0.4 is 5.32 Å². The molecule has 3 fully saturated rings. The number of nitrogens with one attached hydrogen (secondary N) is 1. The van der Waals surface area contributed by atoms with Gasteiger partial charge in [-0.1, -0.05) is 37.3 Å². The Balaban J connectivity index is 1.73. The Bertz CT molecular complexity index is 1100. The van der Waals surface area contributed by atoms with Crippen molar-refractivity contribution in [2.75, 3.05) is 19.3 Å². The molecule has 1 aliphatic carbocycles. The Morgan fingerprint density at radius 1 is 1.09 bits per heavy atom. The van der Waals surface area contributed by atoms with E-state index < -0.39 is 9.84 Å². The molecular formula is C27H36N2O3S. The zero-order chi connectivity index (χ0) is 23.8. The van der Waals surface area contributed by atoms with Crippen LogP contribution in [-0.2, 0) is 9.84 Å². The average molecular weight is 469 g/mol. The standard InChI is InChI=1S/C27H36N2O3S/c1-5-17-33(31,32)23-11-9-22(10-12-23)25(27-15-13-21(14-16-27)18-29(27)4)28-26(30)24-19(2)7-6-8-20(24)3/h6-12,21,25H,5,13-18H2,1-4H3,(H,28,30). The molecule has 1 saturated carbocycles. The molecule has 5 rings (SSSR count). The summed E-state index contributed by atoms with van der Waals surface area (Å²) in [5.41, 5.74) is 3.46. The fourth-order valence-electron chi connectivity index (χ4n) is 5.98. The zero-order valence-electron chi connectivity index (χ0n) is 20.2. The highest BCUT2D eigenvalue weighted by molar-refractivity contribution is 7.91. The normalized spacial score (nSPS) is 23.9. The van der Waals surface area contributed by atoms with E-state index >= 15 is 0 Å². The van der Waals surface area contributed by atoms with Gasteiger partial charge in [0.2, 0.25) is 0 Å². The summed E-state index contributed by atoms with van der Waals surface area (Å²) in [6.45, 7) is 6.86. The molecule has 2 aliphatic heterocycles. The van der Waals surface area contributed by atoms with Crippen molar-refractivity contribution >= 4 is 15.7 Å². The second kappa shape index (κ2) is 9.22. The highest BCUT2D eigenvalue weighted by Gasteiger charge is 2.50. The topological polar surface area (TPSA) is 66.5 Å². The fourth-order valence-corrected chi connectivity index (χ4v) is 7.30. The molecule has 1 unspecified atom stereocenters. The average Bonchev–Trinajstić information content (AvgIpc) is 2.78. The van der Waals surface area contributed by atoms with Crippen LogP contribution in [0.15, 0.2) is 47.4 Å². The number of piperidine rings is 2. The molecule has 178 valence electrons. The van der Waals surface area contributed by atoms with E-state index in [0.717, 1.165) is 47.6 Å². The van der Waals surface area contributed by atoms with Crippen molar-refractivity contribution in [3.63, 3.8) is 0 Å². The second-order valence-corrected chi connectivity index (χ2v) is 12.1. The monoisotopic (exact) mass is 468 g/mol. The number of hydrogen-bond donors (Lipinski definition) is 1. The van der Waals surface area contributed by atoms with E-state index in [-0.39, 0.29) is 23.2 Å². The minimum absolute atomic E-state index is 0.0613. The number of nitrogens with zero attached hydrogens (tertiary/aromatic N) is 1. The van der Waals surface area contributed by atoms with Crippen LogP contribution in [0.25, 0.3) is 0 Å². The minimum Gasteiger partial charge on any atom is -0.343 e. The van der Waals surface area contributed by atoms with Crippen LogP contribution >= 0.6 is 0 Å². The summed E-state index contributed by atoms with van der Waals surface area (Å²) in [7, 11) is -1.11. The van der Waals surface area contributed by atoms with Crippen LogP contribution in [0.4, 0.5) is 0 Å². The Kier molecular flexibility index (Phi) is 6.70. The number of rotatable bonds is 7. The third-order valence-corrected chi connectivity index (χ3v) is 9.77. The quantitative estimate of drug-likeness (QED) is 0.632. The Labute approximate surface area is 198 Å². The lowest BCUT2D eigenvalue weighted by atomic mass is 9.65. The lowest BCUT2D eigenvalue weighted by Crippen LogP contribution is -2.62. The molecule has 0 aromatic heterocycles. The smallest absolute Gasteiger partial charge is 0.252 e. The largest absolute Gasteiger partial charge is 0.343 e. The van der Waals surface area contributed by atoms with Crippen LogP contribution in [-0.4, -0.2) is 44.1 Å². The molecule has 2 heterocycles. The fraction of sp³-hybridized carbons (Fsp3) is 0.519. The number of amides is 1. The van der Waals surface area contributed by atoms with E-state index in [9.17, 15) is 13.2 Å². The Morgan fingerprint density at radius 3 is 2.24 bits per heavy atom. The maximum Gasteiger partial charge on any atom is 0.252 e. The van der Waals surface area contributed by atoms with E-state index in [2.05, 4.69) is 17.3 Å². The maximum absolute atomic E-state index is 13.6. The molecule has 1 amide bonds. The van der Waals surface area contributed by atoms with Gasteiger partial charge in [0.25, 0.3) is 5.91 Å². The summed E-state index contributed by atoms with van der Waals surface area (Å²) in [6, 6.07) is 12.9. The van der Waals surface area contributed by atoms with Gasteiger partial charge in [-0.15, -0.1) is 0 Å². The van der Waals surface area contributed by atoms with Crippen molar-refractivity contribution in [1.29, 1.82) is 0 Å². The molecule has 2 saturated heterocycles. The van der Waals surface area contributed by atoms with Crippen molar-refractivity contribution in [3.05, 3.63) is 64.7 Å². The van der Waals surface area contributed by atoms with Gasteiger partial charge in [-0.3, -0.25) is 9.69 Å². The van der Waals surface area contributed by atoms with Crippen molar-refractivity contribution in [3.8, 4) is 0 Å². The highest BCUT2D eigenvalue weighted by Crippen LogP contribution is 2.49. The van der Waals surface area contributed by atoms with Crippen molar-refractivity contribution in [2.24, 2.45) is 5.92 Å². The first kappa shape index (κ1) is 24.0. The molecule has 2 aromatic rings. The van der Waals surface area contributed by atoms with Crippen LogP contribution in [0.2, 0.25) is 0 Å². The first-order valence-corrected chi connectivity index (χ1v) is 13.7. The number of sulfone groups is 1. The second-order valence-electron chi connectivity index (χ2n) is 9.99. The van der Waals surface area contributed by atoms with E-state index in [1.54, 1.807) is 12.1 Å². The summed E-state index contributed by atoms with van der Waals surface area (Å²) in [6.07, 6.45) is 4.99. The van der Waals surface area contributed by atoms with Gasteiger partial charge in [-0.2, -0.15) is 0 Å². The SMILES string of the molecule is CCCS(=O)(=O)c1ccc(C(NC(=O)c2c(C)cccc2C)C23CCC(CC2)CN3C)cc1. The molecule has 3 aliphatic rings.